The van der Waals surface area contributed by atoms with Crippen molar-refractivity contribution in [1.82, 2.24) is 4.90 Å². The molecule has 0 bridgehead atoms. The van der Waals surface area contributed by atoms with E-state index < -0.39 is 0 Å². The maximum atomic E-state index is 8.87. The van der Waals surface area contributed by atoms with Crippen molar-refractivity contribution in [2.24, 2.45) is 11.7 Å². The number of aliphatic hydroxyl groups is 1. The third kappa shape index (κ3) is 3.80. The summed E-state index contributed by atoms with van der Waals surface area (Å²) in [7, 11) is 0. The molecule has 1 fully saturated rings. The highest BCUT2D eigenvalue weighted by atomic mass is 16.2. The SMILES string of the molecule is NC1CC(CCCO)CCN1Cc1ccccc1. The van der Waals surface area contributed by atoms with Gasteiger partial charge in [0, 0.05) is 19.7 Å². The summed E-state index contributed by atoms with van der Waals surface area (Å²) in [6, 6.07) is 10.5. The zero-order valence-electron chi connectivity index (χ0n) is 11.0. The third-order valence-corrected chi connectivity index (χ3v) is 3.87. The van der Waals surface area contributed by atoms with Crippen LogP contribution in [0.1, 0.15) is 31.2 Å². The van der Waals surface area contributed by atoms with E-state index in [-0.39, 0.29) is 6.17 Å². The monoisotopic (exact) mass is 248 g/mol. The highest BCUT2D eigenvalue weighted by Gasteiger charge is 2.25. The third-order valence-electron chi connectivity index (χ3n) is 3.87. The number of benzene rings is 1. The number of rotatable bonds is 5. The summed E-state index contributed by atoms with van der Waals surface area (Å²) >= 11 is 0. The van der Waals surface area contributed by atoms with Crippen LogP contribution in [-0.4, -0.2) is 29.3 Å². The number of aliphatic hydroxyl groups excluding tert-OH is 1. The van der Waals surface area contributed by atoms with Gasteiger partial charge in [0.25, 0.3) is 0 Å². The van der Waals surface area contributed by atoms with Crippen LogP contribution < -0.4 is 5.73 Å². The summed E-state index contributed by atoms with van der Waals surface area (Å²) in [4.78, 5) is 2.37. The molecule has 18 heavy (non-hydrogen) atoms. The van der Waals surface area contributed by atoms with Gasteiger partial charge < -0.3 is 10.8 Å². The Hall–Kier alpha value is -0.900. The van der Waals surface area contributed by atoms with E-state index in [4.69, 9.17) is 10.8 Å². The van der Waals surface area contributed by atoms with E-state index in [9.17, 15) is 0 Å². The zero-order chi connectivity index (χ0) is 12.8. The van der Waals surface area contributed by atoms with Crippen LogP contribution >= 0.6 is 0 Å². The number of likely N-dealkylation sites (tertiary alicyclic amines) is 1. The van der Waals surface area contributed by atoms with Crippen molar-refractivity contribution in [3.8, 4) is 0 Å². The van der Waals surface area contributed by atoms with Gasteiger partial charge in [0.1, 0.15) is 0 Å². The van der Waals surface area contributed by atoms with Crippen LogP contribution in [0.4, 0.5) is 0 Å². The average Bonchev–Trinajstić information content (AvgIpc) is 2.40. The summed E-state index contributed by atoms with van der Waals surface area (Å²) < 4.78 is 0. The van der Waals surface area contributed by atoms with Gasteiger partial charge >= 0.3 is 0 Å². The van der Waals surface area contributed by atoms with Crippen molar-refractivity contribution in [3.05, 3.63) is 35.9 Å². The molecule has 3 nitrogen and oxygen atoms in total. The molecule has 100 valence electrons. The molecule has 3 heteroatoms. The Morgan fingerprint density at radius 2 is 2.06 bits per heavy atom. The zero-order valence-corrected chi connectivity index (χ0v) is 11.0. The van der Waals surface area contributed by atoms with Gasteiger partial charge in [-0.05, 0) is 37.2 Å². The topological polar surface area (TPSA) is 49.5 Å². The predicted octanol–water partition coefficient (Wildman–Crippen LogP) is 1.96. The number of piperidine rings is 1. The first kappa shape index (κ1) is 13.5. The predicted molar refractivity (Wildman–Crippen MR) is 73.9 cm³/mol. The molecule has 1 heterocycles. The van der Waals surface area contributed by atoms with Crippen LogP contribution in [0.5, 0.6) is 0 Å². The first-order valence-corrected chi connectivity index (χ1v) is 6.94. The molecule has 1 saturated heterocycles. The summed E-state index contributed by atoms with van der Waals surface area (Å²) in [5, 5.41) is 8.87. The molecule has 0 saturated carbocycles. The number of nitrogens with two attached hydrogens (primary N) is 1. The van der Waals surface area contributed by atoms with Crippen molar-refractivity contribution in [2.45, 2.75) is 38.4 Å². The molecule has 2 atom stereocenters. The minimum atomic E-state index is 0.169. The highest BCUT2D eigenvalue weighted by Crippen LogP contribution is 2.25. The van der Waals surface area contributed by atoms with Crippen LogP contribution in [0.3, 0.4) is 0 Å². The Morgan fingerprint density at radius 3 is 2.72 bits per heavy atom. The maximum Gasteiger partial charge on any atom is 0.0577 e. The van der Waals surface area contributed by atoms with Crippen molar-refractivity contribution in [3.63, 3.8) is 0 Å². The molecule has 1 aromatic carbocycles. The second-order valence-electron chi connectivity index (χ2n) is 5.28. The average molecular weight is 248 g/mol. The molecule has 2 rings (SSSR count). The molecular weight excluding hydrogens is 224 g/mol. The molecule has 2 unspecified atom stereocenters. The van der Waals surface area contributed by atoms with Crippen molar-refractivity contribution in [2.75, 3.05) is 13.2 Å². The molecule has 1 aromatic rings. The molecule has 0 aromatic heterocycles. The highest BCUT2D eigenvalue weighted by molar-refractivity contribution is 5.14. The molecule has 1 aliphatic heterocycles. The Morgan fingerprint density at radius 1 is 1.28 bits per heavy atom. The van der Waals surface area contributed by atoms with Gasteiger partial charge in [-0.2, -0.15) is 0 Å². The standard InChI is InChI=1S/C15H24N2O/c16-15-11-13(7-4-10-18)8-9-17(15)12-14-5-2-1-3-6-14/h1-3,5-6,13,15,18H,4,7-12,16H2. The summed E-state index contributed by atoms with van der Waals surface area (Å²) in [6.45, 7) is 2.33. The summed E-state index contributed by atoms with van der Waals surface area (Å²) in [5.41, 5.74) is 7.59. The number of nitrogens with zero attached hydrogens (tertiary/aromatic N) is 1. The van der Waals surface area contributed by atoms with Crippen molar-refractivity contribution < 1.29 is 5.11 Å². The van der Waals surface area contributed by atoms with Gasteiger partial charge in [-0.1, -0.05) is 30.3 Å². The molecular formula is C15H24N2O. The minimum absolute atomic E-state index is 0.169. The van der Waals surface area contributed by atoms with E-state index in [0.717, 1.165) is 32.4 Å². The van der Waals surface area contributed by atoms with Crippen molar-refractivity contribution in [1.29, 1.82) is 0 Å². The molecule has 0 aliphatic carbocycles. The van der Waals surface area contributed by atoms with Gasteiger partial charge in [-0.25, -0.2) is 0 Å². The van der Waals surface area contributed by atoms with Crippen LogP contribution in [0.25, 0.3) is 0 Å². The quantitative estimate of drug-likeness (QED) is 0.837. The van der Waals surface area contributed by atoms with Gasteiger partial charge in [0.15, 0.2) is 0 Å². The normalized spacial score (nSPS) is 25.2. The number of hydrogen-bond donors (Lipinski definition) is 2. The molecule has 0 amide bonds. The maximum absolute atomic E-state index is 8.87. The Kier molecular flexibility index (Phi) is 5.17. The molecule has 0 radical (unpaired) electrons. The second kappa shape index (κ2) is 6.88. The lowest BCUT2D eigenvalue weighted by atomic mass is 9.90. The fourth-order valence-electron chi connectivity index (χ4n) is 2.78. The van der Waals surface area contributed by atoms with E-state index in [1.807, 2.05) is 6.07 Å². The van der Waals surface area contributed by atoms with E-state index in [1.165, 1.54) is 12.0 Å². The van der Waals surface area contributed by atoms with Crippen LogP contribution in [-0.2, 0) is 6.54 Å². The number of hydrogen-bond acceptors (Lipinski definition) is 3. The van der Waals surface area contributed by atoms with Crippen LogP contribution in [0, 0.1) is 5.92 Å². The molecule has 0 spiro atoms. The summed E-state index contributed by atoms with van der Waals surface area (Å²) in [6.07, 6.45) is 4.47. The Balaban J connectivity index is 1.82. The first-order valence-electron chi connectivity index (χ1n) is 6.94. The van der Waals surface area contributed by atoms with E-state index >= 15 is 0 Å². The van der Waals surface area contributed by atoms with E-state index in [2.05, 4.69) is 29.2 Å². The van der Waals surface area contributed by atoms with Gasteiger partial charge in [-0.15, -0.1) is 0 Å². The lowest BCUT2D eigenvalue weighted by Crippen LogP contribution is -2.47. The fraction of sp³-hybridized carbons (Fsp3) is 0.600. The van der Waals surface area contributed by atoms with Crippen LogP contribution in [0.2, 0.25) is 0 Å². The summed E-state index contributed by atoms with van der Waals surface area (Å²) in [5.74, 6) is 0.694. The second-order valence-corrected chi connectivity index (χ2v) is 5.28. The lowest BCUT2D eigenvalue weighted by Gasteiger charge is -2.37. The largest absolute Gasteiger partial charge is 0.396 e. The molecule has 1 aliphatic rings. The minimum Gasteiger partial charge on any atom is -0.396 e. The van der Waals surface area contributed by atoms with E-state index in [0.29, 0.717) is 12.5 Å². The first-order chi connectivity index (χ1) is 8.79. The van der Waals surface area contributed by atoms with E-state index in [1.54, 1.807) is 0 Å². The van der Waals surface area contributed by atoms with Gasteiger partial charge in [0.05, 0.1) is 6.17 Å². The van der Waals surface area contributed by atoms with Crippen LogP contribution in [0.15, 0.2) is 30.3 Å². The smallest absolute Gasteiger partial charge is 0.0577 e. The molecule has 3 N–H and O–H groups in total. The van der Waals surface area contributed by atoms with Gasteiger partial charge in [-0.3, -0.25) is 4.90 Å². The van der Waals surface area contributed by atoms with Gasteiger partial charge in [0.2, 0.25) is 0 Å². The van der Waals surface area contributed by atoms with Crippen molar-refractivity contribution >= 4 is 0 Å². The Labute approximate surface area is 110 Å². The lowest BCUT2D eigenvalue weighted by molar-refractivity contribution is 0.101. The Bertz CT molecular complexity index is 342. The fourth-order valence-corrected chi connectivity index (χ4v) is 2.78.